The molecule has 1 N–H and O–H groups in total. The van der Waals surface area contributed by atoms with Crippen LogP contribution in [0.4, 0.5) is 23.1 Å². The highest BCUT2D eigenvalue weighted by Crippen LogP contribution is 2.25. The van der Waals surface area contributed by atoms with Crippen molar-refractivity contribution in [2.24, 2.45) is 11.8 Å². The molecule has 1 aromatic carbocycles. The number of hydrogen-bond acceptors (Lipinski definition) is 6. The third-order valence-electron chi connectivity index (χ3n) is 5.80. The van der Waals surface area contributed by atoms with Crippen LogP contribution in [0, 0.1) is 11.8 Å². The first-order chi connectivity index (χ1) is 13.2. The van der Waals surface area contributed by atoms with Crippen molar-refractivity contribution in [1.82, 2.24) is 15.2 Å². The van der Waals surface area contributed by atoms with Gasteiger partial charge in [0.15, 0.2) is 5.82 Å². The van der Waals surface area contributed by atoms with Crippen molar-refractivity contribution in [2.75, 3.05) is 41.3 Å². The zero-order valence-electron chi connectivity index (χ0n) is 16.4. The van der Waals surface area contributed by atoms with Crippen molar-refractivity contribution in [1.29, 1.82) is 0 Å². The van der Waals surface area contributed by atoms with Crippen LogP contribution in [0.3, 0.4) is 0 Å². The van der Waals surface area contributed by atoms with Crippen molar-refractivity contribution < 1.29 is 0 Å². The molecule has 6 nitrogen and oxygen atoms in total. The van der Waals surface area contributed by atoms with Gasteiger partial charge in [0, 0.05) is 37.6 Å². The lowest BCUT2D eigenvalue weighted by Gasteiger charge is -2.32. The molecule has 0 bridgehead atoms. The molecule has 1 aromatic heterocycles. The molecule has 6 heteroatoms. The van der Waals surface area contributed by atoms with Gasteiger partial charge in [-0.3, -0.25) is 0 Å². The van der Waals surface area contributed by atoms with Crippen LogP contribution in [0.2, 0.25) is 0 Å². The van der Waals surface area contributed by atoms with Crippen LogP contribution in [0.25, 0.3) is 0 Å². The Labute approximate surface area is 162 Å². The number of nitrogens with one attached hydrogen (secondary N) is 1. The fraction of sp³-hybridized carbons (Fsp3) is 0.571. The van der Waals surface area contributed by atoms with Gasteiger partial charge < -0.3 is 15.1 Å². The first kappa shape index (κ1) is 18.0. The van der Waals surface area contributed by atoms with E-state index in [2.05, 4.69) is 68.4 Å². The van der Waals surface area contributed by atoms with Crippen molar-refractivity contribution in [3.05, 3.63) is 30.5 Å². The number of nitrogens with zero attached hydrogens (tertiary/aromatic N) is 5. The average molecular weight is 367 g/mol. The summed E-state index contributed by atoms with van der Waals surface area (Å²) in [5.41, 5.74) is 2.29. The molecule has 0 amide bonds. The van der Waals surface area contributed by atoms with E-state index in [4.69, 9.17) is 0 Å². The van der Waals surface area contributed by atoms with Crippen molar-refractivity contribution in [3.8, 4) is 0 Å². The summed E-state index contributed by atoms with van der Waals surface area (Å²) in [5.74, 6) is 3.03. The van der Waals surface area contributed by atoms with E-state index in [1.807, 2.05) is 0 Å². The second kappa shape index (κ2) is 8.11. The van der Waals surface area contributed by atoms with Crippen molar-refractivity contribution >= 4 is 23.1 Å². The van der Waals surface area contributed by atoms with Gasteiger partial charge in [-0.05, 0) is 61.8 Å². The summed E-state index contributed by atoms with van der Waals surface area (Å²) in [6.07, 6.45) is 6.83. The molecule has 4 rings (SSSR count). The zero-order valence-corrected chi connectivity index (χ0v) is 16.4. The van der Waals surface area contributed by atoms with Crippen LogP contribution in [0.5, 0.6) is 0 Å². The fourth-order valence-corrected chi connectivity index (χ4v) is 4.05. The van der Waals surface area contributed by atoms with Crippen LogP contribution in [-0.2, 0) is 0 Å². The second-order valence-corrected chi connectivity index (χ2v) is 8.17. The van der Waals surface area contributed by atoms with Gasteiger partial charge in [0.1, 0.15) is 0 Å². The minimum absolute atomic E-state index is 0.560. The molecule has 2 saturated heterocycles. The Kier molecular flexibility index (Phi) is 5.41. The van der Waals surface area contributed by atoms with E-state index in [1.165, 1.54) is 31.4 Å². The molecule has 3 heterocycles. The third-order valence-corrected chi connectivity index (χ3v) is 5.80. The molecule has 1 unspecified atom stereocenters. The molecular weight excluding hydrogens is 336 g/mol. The molecular formula is C21H30N6. The summed E-state index contributed by atoms with van der Waals surface area (Å²) < 4.78 is 0. The Balaban J connectivity index is 1.41. The van der Waals surface area contributed by atoms with Gasteiger partial charge in [-0.1, -0.05) is 13.8 Å². The molecule has 2 aromatic rings. The molecule has 0 spiro atoms. The Morgan fingerprint density at radius 3 is 2.44 bits per heavy atom. The maximum Gasteiger partial charge on any atom is 0.249 e. The van der Waals surface area contributed by atoms with Gasteiger partial charge in [0.25, 0.3) is 0 Å². The number of aromatic nitrogens is 3. The lowest BCUT2D eigenvalue weighted by atomic mass is 9.99. The van der Waals surface area contributed by atoms with Gasteiger partial charge in [-0.2, -0.15) is 10.1 Å². The highest BCUT2D eigenvalue weighted by atomic mass is 15.3. The summed E-state index contributed by atoms with van der Waals surface area (Å²) in [7, 11) is 0. The Hall–Kier alpha value is -2.37. The molecule has 0 saturated carbocycles. The van der Waals surface area contributed by atoms with E-state index >= 15 is 0 Å². The van der Waals surface area contributed by atoms with E-state index in [0.717, 1.165) is 43.6 Å². The van der Waals surface area contributed by atoms with Gasteiger partial charge in [-0.15, -0.1) is 5.10 Å². The minimum Gasteiger partial charge on any atom is -0.372 e. The number of hydrogen-bond donors (Lipinski definition) is 1. The normalized spacial score (nSPS) is 21.3. The van der Waals surface area contributed by atoms with Gasteiger partial charge >= 0.3 is 0 Å². The first-order valence-corrected chi connectivity index (χ1v) is 10.2. The average Bonchev–Trinajstić information content (AvgIpc) is 2.70. The summed E-state index contributed by atoms with van der Waals surface area (Å²) in [6.45, 7) is 9.03. The largest absolute Gasteiger partial charge is 0.372 e. The van der Waals surface area contributed by atoms with E-state index in [-0.39, 0.29) is 0 Å². The van der Waals surface area contributed by atoms with Crippen LogP contribution in [-0.4, -0.2) is 41.4 Å². The smallest absolute Gasteiger partial charge is 0.249 e. The highest BCUT2D eigenvalue weighted by Gasteiger charge is 2.19. The number of piperidine rings is 2. The van der Waals surface area contributed by atoms with E-state index < -0.39 is 0 Å². The molecule has 2 aliphatic rings. The van der Waals surface area contributed by atoms with Gasteiger partial charge in [-0.25, -0.2) is 0 Å². The summed E-state index contributed by atoms with van der Waals surface area (Å²) in [4.78, 5) is 9.46. The number of benzene rings is 1. The first-order valence-electron chi connectivity index (χ1n) is 10.2. The number of anilines is 4. The molecule has 2 aliphatic heterocycles. The topological polar surface area (TPSA) is 57.2 Å². The van der Waals surface area contributed by atoms with Gasteiger partial charge in [0.05, 0.1) is 6.20 Å². The molecule has 0 radical (unpaired) electrons. The van der Waals surface area contributed by atoms with Crippen LogP contribution >= 0.6 is 0 Å². The van der Waals surface area contributed by atoms with E-state index in [9.17, 15) is 0 Å². The second-order valence-electron chi connectivity index (χ2n) is 8.17. The SMILES string of the molecule is CC1CCN(c2ccc(Nc3nncc(N4CCCC(C)C4)n3)cc2)CC1. The summed E-state index contributed by atoms with van der Waals surface area (Å²) in [5, 5.41) is 11.6. The lowest BCUT2D eigenvalue weighted by Crippen LogP contribution is -2.35. The zero-order chi connectivity index (χ0) is 18.6. The van der Waals surface area contributed by atoms with Gasteiger partial charge in [0.2, 0.25) is 5.95 Å². The summed E-state index contributed by atoms with van der Waals surface area (Å²) >= 11 is 0. The van der Waals surface area contributed by atoms with Crippen molar-refractivity contribution in [3.63, 3.8) is 0 Å². The Morgan fingerprint density at radius 2 is 1.70 bits per heavy atom. The standard InChI is InChI=1S/C21H30N6/c1-16-9-12-26(13-10-16)19-7-5-18(6-8-19)23-21-24-20(14-22-25-21)27-11-3-4-17(2)15-27/h5-8,14,16-17H,3-4,9-13,15H2,1-2H3,(H,23,24,25). The lowest BCUT2D eigenvalue weighted by molar-refractivity contribution is 0.438. The predicted molar refractivity (Wildman–Crippen MR) is 111 cm³/mol. The van der Waals surface area contributed by atoms with Crippen LogP contribution in [0.1, 0.15) is 39.5 Å². The number of rotatable bonds is 4. The molecule has 1 atom stereocenters. The third kappa shape index (κ3) is 4.49. The van der Waals surface area contributed by atoms with E-state index in [1.54, 1.807) is 6.20 Å². The quantitative estimate of drug-likeness (QED) is 0.880. The summed E-state index contributed by atoms with van der Waals surface area (Å²) in [6, 6.07) is 8.57. The fourth-order valence-electron chi connectivity index (χ4n) is 4.05. The van der Waals surface area contributed by atoms with Crippen molar-refractivity contribution in [2.45, 2.75) is 39.5 Å². The molecule has 27 heavy (non-hydrogen) atoms. The van der Waals surface area contributed by atoms with Crippen LogP contribution in [0.15, 0.2) is 30.5 Å². The molecule has 144 valence electrons. The molecule has 2 fully saturated rings. The van der Waals surface area contributed by atoms with Crippen LogP contribution < -0.4 is 15.1 Å². The molecule has 0 aliphatic carbocycles. The van der Waals surface area contributed by atoms with E-state index in [0.29, 0.717) is 11.9 Å². The monoisotopic (exact) mass is 366 g/mol. The maximum absolute atomic E-state index is 4.68. The maximum atomic E-state index is 4.68. The Bertz CT molecular complexity index is 739. The predicted octanol–water partition coefficient (Wildman–Crippen LogP) is 4.09. The minimum atomic E-state index is 0.560. The highest BCUT2D eigenvalue weighted by molar-refractivity contribution is 5.60. The Morgan fingerprint density at radius 1 is 0.926 bits per heavy atom.